The summed E-state index contributed by atoms with van der Waals surface area (Å²) in [5, 5.41) is 0. The van der Waals surface area contributed by atoms with Gasteiger partial charge in [-0.3, -0.25) is 0 Å². The first kappa shape index (κ1) is 17.7. The fourth-order valence-corrected chi connectivity index (χ4v) is 2.33. The summed E-state index contributed by atoms with van der Waals surface area (Å²) in [6.45, 7) is 5.02. The summed E-state index contributed by atoms with van der Waals surface area (Å²) in [5.74, 6) is 3.04. The summed E-state index contributed by atoms with van der Waals surface area (Å²) in [6, 6.07) is 15.5. The Morgan fingerprint density at radius 2 is 0.958 bits per heavy atom. The van der Waals surface area contributed by atoms with Gasteiger partial charge in [-0.1, -0.05) is 0 Å². The molecule has 0 radical (unpaired) electrons. The third kappa shape index (κ3) is 4.22. The highest BCUT2D eigenvalue weighted by molar-refractivity contribution is 5.84. The van der Waals surface area contributed by atoms with E-state index < -0.39 is 0 Å². The molecular formula is C20H24O4. The average molecular weight is 328 g/mol. The van der Waals surface area contributed by atoms with Crippen molar-refractivity contribution in [3.8, 4) is 11.5 Å². The van der Waals surface area contributed by atoms with Crippen molar-refractivity contribution in [1.29, 1.82) is 0 Å². The van der Waals surface area contributed by atoms with Crippen molar-refractivity contribution in [3.05, 3.63) is 59.7 Å². The van der Waals surface area contributed by atoms with Crippen molar-refractivity contribution in [2.24, 2.45) is 0 Å². The molecule has 4 nitrogen and oxygen atoms in total. The lowest BCUT2D eigenvalue weighted by Gasteiger charge is -2.17. The second-order valence-electron chi connectivity index (χ2n) is 4.98. The van der Waals surface area contributed by atoms with Gasteiger partial charge >= 0.3 is 0 Å². The van der Waals surface area contributed by atoms with E-state index in [2.05, 4.69) is 0 Å². The molecule has 0 atom stereocenters. The van der Waals surface area contributed by atoms with Gasteiger partial charge in [-0.2, -0.15) is 0 Å². The van der Waals surface area contributed by atoms with Gasteiger partial charge in [0.1, 0.15) is 11.5 Å². The molecule has 0 heterocycles. The Labute approximate surface area is 143 Å². The van der Waals surface area contributed by atoms with Gasteiger partial charge in [-0.15, -0.1) is 0 Å². The third-order valence-electron chi connectivity index (χ3n) is 3.49. The van der Waals surface area contributed by atoms with E-state index in [9.17, 15) is 0 Å². The van der Waals surface area contributed by atoms with Crippen LogP contribution >= 0.6 is 0 Å². The van der Waals surface area contributed by atoms with E-state index in [-0.39, 0.29) is 0 Å². The fraction of sp³-hybridized carbons (Fsp3) is 0.300. The lowest BCUT2D eigenvalue weighted by Crippen LogP contribution is -2.01. The van der Waals surface area contributed by atoms with Crippen LogP contribution in [0.25, 0.3) is 11.5 Å². The molecule has 0 aliphatic heterocycles. The molecule has 0 N–H and O–H groups in total. The monoisotopic (exact) mass is 328 g/mol. The molecule has 0 saturated carbocycles. The Morgan fingerprint density at radius 1 is 0.625 bits per heavy atom. The van der Waals surface area contributed by atoms with Crippen LogP contribution in [0.2, 0.25) is 0 Å². The van der Waals surface area contributed by atoms with Gasteiger partial charge in [0.2, 0.25) is 0 Å². The first-order valence-corrected chi connectivity index (χ1v) is 8.02. The van der Waals surface area contributed by atoms with Gasteiger partial charge < -0.3 is 18.9 Å². The molecule has 0 aromatic heterocycles. The van der Waals surface area contributed by atoms with Crippen LogP contribution in [0, 0.1) is 0 Å². The number of benzene rings is 2. The average Bonchev–Trinajstić information content (AvgIpc) is 2.65. The van der Waals surface area contributed by atoms with Gasteiger partial charge in [-0.05, 0) is 62.4 Å². The van der Waals surface area contributed by atoms with Crippen molar-refractivity contribution in [1.82, 2.24) is 0 Å². The second-order valence-corrected chi connectivity index (χ2v) is 4.98. The molecule has 2 aromatic carbocycles. The van der Waals surface area contributed by atoms with Gasteiger partial charge in [0, 0.05) is 11.1 Å². The van der Waals surface area contributed by atoms with Crippen molar-refractivity contribution < 1.29 is 18.9 Å². The highest BCUT2D eigenvalue weighted by Crippen LogP contribution is 2.30. The molecule has 0 aliphatic carbocycles. The molecule has 0 fully saturated rings. The van der Waals surface area contributed by atoms with Gasteiger partial charge in [0.25, 0.3) is 0 Å². The summed E-state index contributed by atoms with van der Waals surface area (Å²) < 4.78 is 22.3. The number of methoxy groups -OCH3 is 2. The summed E-state index contributed by atoms with van der Waals surface area (Å²) >= 11 is 0. The molecule has 0 bridgehead atoms. The van der Waals surface area contributed by atoms with E-state index in [0.29, 0.717) is 24.7 Å². The minimum Gasteiger partial charge on any atom is -0.497 e. The van der Waals surface area contributed by atoms with Crippen LogP contribution in [-0.2, 0) is 9.47 Å². The molecule has 0 amide bonds. The maximum atomic E-state index is 5.91. The smallest absolute Gasteiger partial charge is 0.168 e. The third-order valence-corrected chi connectivity index (χ3v) is 3.49. The van der Waals surface area contributed by atoms with Crippen LogP contribution < -0.4 is 9.47 Å². The zero-order valence-electron chi connectivity index (χ0n) is 14.7. The van der Waals surface area contributed by atoms with Crippen molar-refractivity contribution >= 4 is 11.5 Å². The molecule has 0 spiro atoms. The summed E-state index contributed by atoms with van der Waals surface area (Å²) in [4.78, 5) is 0. The minimum atomic E-state index is 0.550. The van der Waals surface area contributed by atoms with E-state index in [0.717, 1.165) is 22.6 Å². The first-order valence-electron chi connectivity index (χ1n) is 8.02. The molecule has 0 unspecified atom stereocenters. The van der Waals surface area contributed by atoms with Crippen LogP contribution in [0.1, 0.15) is 25.0 Å². The number of hydrogen-bond donors (Lipinski definition) is 0. The van der Waals surface area contributed by atoms with Crippen molar-refractivity contribution in [2.45, 2.75) is 13.8 Å². The highest BCUT2D eigenvalue weighted by Gasteiger charge is 2.15. The van der Waals surface area contributed by atoms with E-state index in [1.54, 1.807) is 14.2 Å². The molecule has 4 heteroatoms. The number of ether oxygens (including phenoxy) is 4. The number of hydrogen-bond acceptors (Lipinski definition) is 4. The topological polar surface area (TPSA) is 36.9 Å². The standard InChI is InChI=1S/C20H24O4/c1-5-23-19(15-7-11-17(21-3)12-8-15)20(24-6-2)16-9-13-18(22-4)14-10-16/h7-14H,5-6H2,1-4H3/b20-19+. The zero-order chi connectivity index (χ0) is 17.4. The lowest BCUT2D eigenvalue weighted by atomic mass is 10.1. The minimum absolute atomic E-state index is 0.550. The molecule has 128 valence electrons. The maximum Gasteiger partial charge on any atom is 0.168 e. The largest absolute Gasteiger partial charge is 0.497 e. The van der Waals surface area contributed by atoms with E-state index >= 15 is 0 Å². The molecule has 24 heavy (non-hydrogen) atoms. The van der Waals surface area contributed by atoms with Crippen molar-refractivity contribution in [3.63, 3.8) is 0 Å². The van der Waals surface area contributed by atoms with Crippen LogP contribution in [-0.4, -0.2) is 27.4 Å². The predicted octanol–water partition coefficient (Wildman–Crippen LogP) is 4.60. The Hall–Kier alpha value is -2.62. The Bertz CT molecular complexity index is 598. The van der Waals surface area contributed by atoms with E-state index in [1.807, 2.05) is 62.4 Å². The van der Waals surface area contributed by atoms with Crippen molar-refractivity contribution in [2.75, 3.05) is 27.4 Å². The number of rotatable bonds is 8. The summed E-state index contributed by atoms with van der Waals surface area (Å²) in [5.41, 5.74) is 1.88. The molecule has 0 saturated heterocycles. The summed E-state index contributed by atoms with van der Waals surface area (Å²) in [6.07, 6.45) is 0. The second kappa shape index (κ2) is 8.87. The molecular weight excluding hydrogens is 304 g/mol. The van der Waals surface area contributed by atoms with Crippen LogP contribution in [0.15, 0.2) is 48.5 Å². The van der Waals surface area contributed by atoms with Gasteiger partial charge in [0.15, 0.2) is 11.5 Å². The zero-order valence-corrected chi connectivity index (χ0v) is 14.7. The summed E-state index contributed by atoms with van der Waals surface area (Å²) in [7, 11) is 3.30. The van der Waals surface area contributed by atoms with Crippen LogP contribution in [0.4, 0.5) is 0 Å². The lowest BCUT2D eigenvalue weighted by molar-refractivity contribution is 0.261. The predicted molar refractivity (Wildman–Crippen MR) is 96.1 cm³/mol. The van der Waals surface area contributed by atoms with Crippen LogP contribution in [0.3, 0.4) is 0 Å². The van der Waals surface area contributed by atoms with Gasteiger partial charge in [0.05, 0.1) is 27.4 Å². The van der Waals surface area contributed by atoms with Crippen LogP contribution in [0.5, 0.6) is 11.5 Å². The molecule has 0 aliphatic rings. The van der Waals surface area contributed by atoms with E-state index in [4.69, 9.17) is 18.9 Å². The Kier molecular flexibility index (Phi) is 6.55. The normalized spacial score (nSPS) is 11.5. The Morgan fingerprint density at radius 3 is 1.21 bits per heavy atom. The maximum absolute atomic E-state index is 5.91. The molecule has 2 rings (SSSR count). The fourth-order valence-electron chi connectivity index (χ4n) is 2.33. The SMILES string of the molecule is CCO/C(=C(/OCC)c1ccc(OC)cc1)c1ccc(OC)cc1. The Balaban J connectivity index is 2.51. The quantitative estimate of drug-likeness (QED) is 0.524. The first-order chi connectivity index (χ1) is 11.7. The van der Waals surface area contributed by atoms with Gasteiger partial charge in [-0.25, -0.2) is 0 Å². The highest BCUT2D eigenvalue weighted by atomic mass is 16.5. The van der Waals surface area contributed by atoms with E-state index in [1.165, 1.54) is 0 Å². The molecule has 2 aromatic rings.